The lowest BCUT2D eigenvalue weighted by Crippen LogP contribution is -2.38. The van der Waals surface area contributed by atoms with Crippen LogP contribution in [0, 0.1) is 19.7 Å². The molecule has 0 bridgehead atoms. The summed E-state index contributed by atoms with van der Waals surface area (Å²) in [5.74, 6) is 0.0756. The Morgan fingerprint density at radius 3 is 2.68 bits per heavy atom. The van der Waals surface area contributed by atoms with Crippen LogP contribution >= 0.6 is 0 Å². The average Bonchev–Trinajstić information content (AvgIpc) is 2.53. The van der Waals surface area contributed by atoms with Crippen molar-refractivity contribution in [1.82, 2.24) is 15.6 Å². The van der Waals surface area contributed by atoms with Gasteiger partial charge >= 0.3 is 6.03 Å². The third-order valence-corrected chi connectivity index (χ3v) is 3.93. The van der Waals surface area contributed by atoms with E-state index in [4.69, 9.17) is 4.74 Å². The summed E-state index contributed by atoms with van der Waals surface area (Å²) in [6, 6.07) is 5.04. The standard InChI is InChI=1S/C18H22FN3O3/c1-10-7-11(2)21-17(23)15(10)9-20-18(24)22-12(3)14-8-13(19)5-6-16(14)25-4/h5-8,12H,9H2,1-4H3,(H,21,23)(H2,20,22,24)/t12-/m0/s1. The van der Waals surface area contributed by atoms with Gasteiger partial charge in [-0.25, -0.2) is 9.18 Å². The number of nitrogens with one attached hydrogen (secondary N) is 3. The summed E-state index contributed by atoms with van der Waals surface area (Å²) in [5, 5.41) is 5.36. The normalized spacial score (nSPS) is 11.7. The fraction of sp³-hybridized carbons (Fsp3) is 0.333. The van der Waals surface area contributed by atoms with Crippen LogP contribution in [-0.2, 0) is 6.54 Å². The number of hydrogen-bond acceptors (Lipinski definition) is 3. The molecule has 0 fully saturated rings. The number of aromatic nitrogens is 1. The number of benzene rings is 1. The number of halogens is 1. The number of urea groups is 1. The summed E-state index contributed by atoms with van der Waals surface area (Å²) >= 11 is 0. The number of amides is 2. The number of methoxy groups -OCH3 is 1. The van der Waals surface area contributed by atoms with Crippen molar-refractivity contribution in [2.75, 3.05) is 7.11 Å². The van der Waals surface area contributed by atoms with Crippen LogP contribution in [0.3, 0.4) is 0 Å². The first-order valence-corrected chi connectivity index (χ1v) is 7.89. The van der Waals surface area contributed by atoms with Gasteiger partial charge in [0.2, 0.25) is 0 Å². The van der Waals surface area contributed by atoms with Crippen molar-refractivity contribution in [2.24, 2.45) is 0 Å². The highest BCUT2D eigenvalue weighted by Gasteiger charge is 2.15. The summed E-state index contributed by atoms with van der Waals surface area (Å²) in [6.45, 7) is 5.44. The van der Waals surface area contributed by atoms with Crippen LogP contribution in [0.1, 0.15) is 35.3 Å². The second kappa shape index (κ2) is 7.83. The van der Waals surface area contributed by atoms with Crippen molar-refractivity contribution >= 4 is 6.03 Å². The molecule has 0 unspecified atom stereocenters. The number of carbonyl (C=O) groups is 1. The number of hydrogen-bond donors (Lipinski definition) is 3. The van der Waals surface area contributed by atoms with Crippen LogP contribution in [0.4, 0.5) is 9.18 Å². The summed E-state index contributed by atoms with van der Waals surface area (Å²) in [5.41, 5.74) is 2.38. The number of rotatable bonds is 5. The van der Waals surface area contributed by atoms with Gasteiger partial charge < -0.3 is 20.4 Å². The molecule has 134 valence electrons. The molecule has 0 spiro atoms. The maximum atomic E-state index is 13.5. The quantitative estimate of drug-likeness (QED) is 0.778. The van der Waals surface area contributed by atoms with E-state index in [0.29, 0.717) is 16.9 Å². The van der Waals surface area contributed by atoms with Gasteiger partial charge in [-0.1, -0.05) is 0 Å². The zero-order valence-corrected chi connectivity index (χ0v) is 14.7. The molecule has 0 saturated carbocycles. The van der Waals surface area contributed by atoms with E-state index in [9.17, 15) is 14.0 Å². The molecule has 1 aromatic heterocycles. The van der Waals surface area contributed by atoms with Gasteiger partial charge in [0.15, 0.2) is 0 Å². The van der Waals surface area contributed by atoms with Gasteiger partial charge in [0, 0.05) is 16.8 Å². The molecule has 2 aromatic rings. The largest absolute Gasteiger partial charge is 0.496 e. The summed E-state index contributed by atoms with van der Waals surface area (Å²) in [4.78, 5) is 26.8. The molecule has 0 saturated heterocycles. The SMILES string of the molecule is COc1ccc(F)cc1[C@H](C)NC(=O)NCc1c(C)cc(C)[nH]c1=O. The fourth-order valence-electron chi connectivity index (χ4n) is 2.64. The number of H-pyrrole nitrogens is 1. The first-order valence-electron chi connectivity index (χ1n) is 7.89. The van der Waals surface area contributed by atoms with Gasteiger partial charge in [0.05, 0.1) is 19.7 Å². The molecule has 6 nitrogen and oxygen atoms in total. The lowest BCUT2D eigenvalue weighted by Gasteiger charge is -2.18. The molecule has 0 aliphatic carbocycles. The second-order valence-electron chi connectivity index (χ2n) is 5.88. The van der Waals surface area contributed by atoms with Gasteiger partial charge in [-0.15, -0.1) is 0 Å². The van der Waals surface area contributed by atoms with Crippen molar-refractivity contribution in [3.05, 3.63) is 62.8 Å². The highest BCUT2D eigenvalue weighted by Crippen LogP contribution is 2.25. The van der Waals surface area contributed by atoms with E-state index >= 15 is 0 Å². The summed E-state index contributed by atoms with van der Waals surface area (Å²) in [6.07, 6.45) is 0. The van der Waals surface area contributed by atoms with Gasteiger partial charge in [-0.3, -0.25) is 4.79 Å². The highest BCUT2D eigenvalue weighted by molar-refractivity contribution is 5.74. The number of aromatic amines is 1. The van der Waals surface area contributed by atoms with E-state index < -0.39 is 17.9 Å². The predicted octanol–water partition coefficient (Wildman–Crippen LogP) is 2.70. The van der Waals surface area contributed by atoms with E-state index in [0.717, 1.165) is 11.3 Å². The smallest absolute Gasteiger partial charge is 0.315 e. The number of carbonyl (C=O) groups excluding carboxylic acids is 1. The number of pyridine rings is 1. The Hall–Kier alpha value is -2.83. The maximum Gasteiger partial charge on any atom is 0.315 e. The Morgan fingerprint density at radius 1 is 1.32 bits per heavy atom. The minimum atomic E-state index is -0.469. The van der Waals surface area contributed by atoms with E-state index in [1.54, 1.807) is 13.8 Å². The van der Waals surface area contributed by atoms with Crippen LogP contribution in [0.15, 0.2) is 29.1 Å². The van der Waals surface area contributed by atoms with Crippen molar-refractivity contribution in [1.29, 1.82) is 0 Å². The van der Waals surface area contributed by atoms with Crippen molar-refractivity contribution in [2.45, 2.75) is 33.4 Å². The van der Waals surface area contributed by atoms with Crippen LogP contribution in [0.25, 0.3) is 0 Å². The molecule has 7 heteroatoms. The molecule has 1 atom stereocenters. The van der Waals surface area contributed by atoms with Gasteiger partial charge in [-0.05, 0) is 50.6 Å². The molecule has 3 N–H and O–H groups in total. The molecule has 1 heterocycles. The summed E-state index contributed by atoms with van der Waals surface area (Å²) in [7, 11) is 1.48. The molecule has 0 aliphatic heterocycles. The number of ether oxygens (including phenoxy) is 1. The third-order valence-electron chi connectivity index (χ3n) is 3.93. The van der Waals surface area contributed by atoms with E-state index in [-0.39, 0.29) is 12.1 Å². The van der Waals surface area contributed by atoms with Crippen LogP contribution in [-0.4, -0.2) is 18.1 Å². The zero-order valence-electron chi connectivity index (χ0n) is 14.7. The Kier molecular flexibility index (Phi) is 5.80. The average molecular weight is 347 g/mol. The Balaban J connectivity index is 2.04. The number of aryl methyl sites for hydroxylation is 2. The lowest BCUT2D eigenvalue weighted by molar-refractivity contribution is 0.237. The van der Waals surface area contributed by atoms with Crippen molar-refractivity contribution < 1.29 is 13.9 Å². The minimum absolute atomic E-state index is 0.0975. The molecule has 0 radical (unpaired) electrons. The maximum absolute atomic E-state index is 13.5. The molecule has 2 rings (SSSR count). The zero-order chi connectivity index (χ0) is 18.6. The van der Waals surface area contributed by atoms with Gasteiger partial charge in [0.25, 0.3) is 5.56 Å². The first-order chi connectivity index (χ1) is 11.8. The van der Waals surface area contributed by atoms with E-state index in [2.05, 4.69) is 15.6 Å². The molecular formula is C18H22FN3O3. The van der Waals surface area contributed by atoms with Crippen molar-refractivity contribution in [3.8, 4) is 5.75 Å². The third kappa shape index (κ3) is 4.59. The van der Waals surface area contributed by atoms with E-state index in [1.165, 1.54) is 25.3 Å². The topological polar surface area (TPSA) is 83.2 Å². The molecular weight excluding hydrogens is 325 g/mol. The Labute approximate surface area is 145 Å². The van der Waals surface area contributed by atoms with Crippen LogP contribution in [0.2, 0.25) is 0 Å². The van der Waals surface area contributed by atoms with Crippen molar-refractivity contribution in [3.63, 3.8) is 0 Å². The lowest BCUT2D eigenvalue weighted by atomic mass is 10.1. The Bertz CT molecular complexity index is 833. The molecule has 25 heavy (non-hydrogen) atoms. The highest BCUT2D eigenvalue weighted by atomic mass is 19.1. The molecule has 2 amide bonds. The second-order valence-corrected chi connectivity index (χ2v) is 5.88. The minimum Gasteiger partial charge on any atom is -0.496 e. The van der Waals surface area contributed by atoms with Crippen LogP contribution in [0.5, 0.6) is 5.75 Å². The van der Waals surface area contributed by atoms with Crippen LogP contribution < -0.4 is 20.9 Å². The van der Waals surface area contributed by atoms with Gasteiger partial charge in [0.1, 0.15) is 11.6 Å². The Morgan fingerprint density at radius 2 is 2.04 bits per heavy atom. The monoisotopic (exact) mass is 347 g/mol. The summed E-state index contributed by atoms with van der Waals surface area (Å²) < 4.78 is 18.6. The molecule has 0 aliphatic rings. The fourth-order valence-corrected chi connectivity index (χ4v) is 2.64. The predicted molar refractivity (Wildman–Crippen MR) is 93.3 cm³/mol. The molecule has 1 aromatic carbocycles. The first kappa shape index (κ1) is 18.5. The van der Waals surface area contributed by atoms with Gasteiger partial charge in [-0.2, -0.15) is 0 Å². The van der Waals surface area contributed by atoms with E-state index in [1.807, 2.05) is 13.0 Å².